The lowest BCUT2D eigenvalue weighted by Crippen LogP contribution is -1.92. The molecule has 1 aromatic carbocycles. The Hall–Kier alpha value is -1.57. The molecule has 0 saturated heterocycles. The van der Waals surface area contributed by atoms with Gasteiger partial charge in [-0.2, -0.15) is 0 Å². The van der Waals surface area contributed by atoms with E-state index < -0.39 is 0 Å². The fraction of sp³-hybridized carbons (Fsp3) is 0.100. The fourth-order valence-corrected chi connectivity index (χ4v) is 0.743. The SMILES string of the molecule is COC(=O)C=Cc1c[c]ccc1. The topological polar surface area (TPSA) is 26.3 Å². The Morgan fingerprint density at radius 1 is 1.67 bits per heavy atom. The summed E-state index contributed by atoms with van der Waals surface area (Å²) in [6.07, 6.45) is 3.06. The van der Waals surface area contributed by atoms with Crippen molar-refractivity contribution in [3.05, 3.63) is 42.0 Å². The van der Waals surface area contributed by atoms with Crippen molar-refractivity contribution in [2.75, 3.05) is 7.11 Å². The quantitative estimate of drug-likeness (QED) is 0.487. The van der Waals surface area contributed by atoms with Crippen LogP contribution in [0.15, 0.2) is 30.3 Å². The van der Waals surface area contributed by atoms with Gasteiger partial charge in [-0.1, -0.05) is 18.2 Å². The standard InChI is InChI=1S/C10H9O2/c1-12-10(11)8-7-9-5-3-2-4-6-9/h2-3,5-8H,1H3. The molecule has 0 aromatic heterocycles. The normalized spacial score (nSPS) is 10.1. The fourth-order valence-electron chi connectivity index (χ4n) is 0.743. The van der Waals surface area contributed by atoms with Gasteiger partial charge in [0.25, 0.3) is 0 Å². The number of hydrogen-bond donors (Lipinski definition) is 0. The summed E-state index contributed by atoms with van der Waals surface area (Å²) in [4.78, 5) is 10.7. The number of methoxy groups -OCH3 is 1. The van der Waals surface area contributed by atoms with Gasteiger partial charge in [-0.05, 0) is 23.8 Å². The van der Waals surface area contributed by atoms with Crippen LogP contribution in [0.25, 0.3) is 6.08 Å². The smallest absolute Gasteiger partial charge is 0.330 e. The Bertz CT molecular complexity index is 275. The predicted molar refractivity (Wildman–Crippen MR) is 46.3 cm³/mol. The molecule has 2 nitrogen and oxygen atoms in total. The zero-order chi connectivity index (χ0) is 8.81. The first-order valence-electron chi connectivity index (χ1n) is 3.55. The van der Waals surface area contributed by atoms with Crippen molar-refractivity contribution in [1.29, 1.82) is 0 Å². The van der Waals surface area contributed by atoms with Crippen molar-refractivity contribution < 1.29 is 9.53 Å². The van der Waals surface area contributed by atoms with E-state index in [0.29, 0.717) is 0 Å². The lowest BCUT2D eigenvalue weighted by atomic mass is 10.2. The van der Waals surface area contributed by atoms with E-state index in [1.54, 1.807) is 18.2 Å². The number of rotatable bonds is 2. The van der Waals surface area contributed by atoms with E-state index >= 15 is 0 Å². The zero-order valence-corrected chi connectivity index (χ0v) is 6.78. The Morgan fingerprint density at radius 2 is 2.50 bits per heavy atom. The number of hydrogen-bond acceptors (Lipinski definition) is 2. The van der Waals surface area contributed by atoms with Gasteiger partial charge in [0, 0.05) is 6.08 Å². The molecule has 0 amide bonds. The number of carbonyl (C=O) groups is 1. The van der Waals surface area contributed by atoms with Crippen LogP contribution in [0.5, 0.6) is 0 Å². The van der Waals surface area contributed by atoms with Gasteiger partial charge in [0.2, 0.25) is 0 Å². The average molecular weight is 161 g/mol. The van der Waals surface area contributed by atoms with Crippen LogP contribution >= 0.6 is 0 Å². The van der Waals surface area contributed by atoms with Crippen molar-refractivity contribution >= 4 is 12.0 Å². The molecule has 12 heavy (non-hydrogen) atoms. The average Bonchev–Trinajstić information content (AvgIpc) is 2.16. The van der Waals surface area contributed by atoms with Crippen LogP contribution in [0.1, 0.15) is 5.56 Å². The summed E-state index contributed by atoms with van der Waals surface area (Å²) in [6.45, 7) is 0. The van der Waals surface area contributed by atoms with Crippen molar-refractivity contribution in [3.8, 4) is 0 Å². The number of carbonyl (C=O) groups excluding carboxylic acids is 1. The second kappa shape index (κ2) is 4.34. The number of esters is 1. The molecule has 1 aromatic rings. The third kappa shape index (κ3) is 2.58. The summed E-state index contributed by atoms with van der Waals surface area (Å²) in [5.41, 5.74) is 0.933. The maximum atomic E-state index is 10.7. The van der Waals surface area contributed by atoms with Crippen LogP contribution in [0, 0.1) is 6.07 Å². The van der Waals surface area contributed by atoms with Crippen molar-refractivity contribution in [2.24, 2.45) is 0 Å². The Kier molecular flexibility index (Phi) is 3.08. The molecule has 1 rings (SSSR count). The Morgan fingerprint density at radius 3 is 3.08 bits per heavy atom. The third-order valence-corrected chi connectivity index (χ3v) is 1.34. The lowest BCUT2D eigenvalue weighted by molar-refractivity contribution is -0.134. The van der Waals surface area contributed by atoms with E-state index in [2.05, 4.69) is 10.8 Å². The summed E-state index contributed by atoms with van der Waals surface area (Å²) >= 11 is 0. The van der Waals surface area contributed by atoms with Gasteiger partial charge in [0.1, 0.15) is 0 Å². The molecular weight excluding hydrogens is 152 g/mol. The third-order valence-electron chi connectivity index (χ3n) is 1.34. The van der Waals surface area contributed by atoms with Gasteiger partial charge in [-0.3, -0.25) is 0 Å². The van der Waals surface area contributed by atoms with Crippen LogP contribution < -0.4 is 0 Å². The largest absolute Gasteiger partial charge is 0.466 e. The summed E-state index contributed by atoms with van der Waals surface area (Å²) in [5, 5.41) is 0. The minimum atomic E-state index is -0.348. The van der Waals surface area contributed by atoms with Crippen LogP contribution in [0.3, 0.4) is 0 Å². The summed E-state index contributed by atoms with van der Waals surface area (Å²) in [7, 11) is 1.35. The van der Waals surface area contributed by atoms with Crippen LogP contribution in [-0.2, 0) is 9.53 Å². The van der Waals surface area contributed by atoms with E-state index in [0.717, 1.165) is 5.56 Å². The molecule has 0 unspecified atom stereocenters. The molecule has 0 aliphatic rings. The highest BCUT2D eigenvalue weighted by molar-refractivity contribution is 5.86. The molecule has 0 aliphatic heterocycles. The van der Waals surface area contributed by atoms with E-state index in [1.165, 1.54) is 13.2 Å². The summed E-state index contributed by atoms with van der Waals surface area (Å²) < 4.78 is 4.44. The maximum Gasteiger partial charge on any atom is 0.330 e. The van der Waals surface area contributed by atoms with Gasteiger partial charge < -0.3 is 4.74 Å². The van der Waals surface area contributed by atoms with Gasteiger partial charge in [0.05, 0.1) is 7.11 Å². The molecule has 0 aliphatic carbocycles. The first-order chi connectivity index (χ1) is 5.83. The summed E-state index contributed by atoms with van der Waals surface area (Å²) in [5.74, 6) is -0.348. The predicted octanol–water partition coefficient (Wildman–Crippen LogP) is 1.67. The van der Waals surface area contributed by atoms with Gasteiger partial charge in [0.15, 0.2) is 0 Å². The van der Waals surface area contributed by atoms with E-state index in [-0.39, 0.29) is 5.97 Å². The van der Waals surface area contributed by atoms with E-state index in [1.807, 2.05) is 12.1 Å². The molecule has 1 radical (unpaired) electrons. The van der Waals surface area contributed by atoms with Gasteiger partial charge in [-0.25, -0.2) is 4.79 Å². The molecule has 0 bridgehead atoms. The Balaban J connectivity index is 2.64. The molecule has 0 fully saturated rings. The van der Waals surface area contributed by atoms with Crippen LogP contribution in [-0.4, -0.2) is 13.1 Å². The molecular formula is C10H9O2. The summed E-state index contributed by atoms with van der Waals surface area (Å²) in [6, 6.07) is 10.2. The molecule has 0 spiro atoms. The maximum absolute atomic E-state index is 10.7. The first-order valence-corrected chi connectivity index (χ1v) is 3.55. The molecule has 2 heteroatoms. The van der Waals surface area contributed by atoms with Crippen molar-refractivity contribution in [2.45, 2.75) is 0 Å². The second-order valence-corrected chi connectivity index (χ2v) is 2.19. The van der Waals surface area contributed by atoms with Crippen LogP contribution in [0.4, 0.5) is 0 Å². The van der Waals surface area contributed by atoms with Gasteiger partial charge in [-0.15, -0.1) is 0 Å². The number of ether oxygens (including phenoxy) is 1. The highest BCUT2D eigenvalue weighted by Gasteiger charge is 1.89. The minimum Gasteiger partial charge on any atom is -0.466 e. The molecule has 0 N–H and O–H groups in total. The molecule has 61 valence electrons. The van der Waals surface area contributed by atoms with Gasteiger partial charge >= 0.3 is 5.97 Å². The molecule has 0 saturated carbocycles. The lowest BCUT2D eigenvalue weighted by Gasteiger charge is -1.90. The second-order valence-electron chi connectivity index (χ2n) is 2.19. The molecule has 0 atom stereocenters. The van der Waals surface area contributed by atoms with Crippen molar-refractivity contribution in [3.63, 3.8) is 0 Å². The van der Waals surface area contributed by atoms with E-state index in [9.17, 15) is 4.79 Å². The van der Waals surface area contributed by atoms with Crippen LogP contribution in [0.2, 0.25) is 0 Å². The van der Waals surface area contributed by atoms with E-state index in [4.69, 9.17) is 0 Å². The highest BCUT2D eigenvalue weighted by atomic mass is 16.5. The van der Waals surface area contributed by atoms with Crippen molar-refractivity contribution in [1.82, 2.24) is 0 Å². The number of benzene rings is 1. The monoisotopic (exact) mass is 161 g/mol. The minimum absolute atomic E-state index is 0.348. The Labute approximate surface area is 71.5 Å². The zero-order valence-electron chi connectivity index (χ0n) is 6.78. The first kappa shape index (κ1) is 8.53. The molecule has 0 heterocycles. The highest BCUT2D eigenvalue weighted by Crippen LogP contribution is 1.99.